The summed E-state index contributed by atoms with van der Waals surface area (Å²) in [6, 6.07) is 15.0. The average Bonchev–Trinajstić information content (AvgIpc) is 3.42. The molecule has 1 aliphatic heterocycles. The predicted molar refractivity (Wildman–Crippen MR) is 115 cm³/mol. The van der Waals surface area contributed by atoms with Gasteiger partial charge in [-0.25, -0.2) is 4.79 Å². The molecule has 1 atom stereocenters. The highest BCUT2D eigenvalue weighted by Gasteiger charge is 2.35. The van der Waals surface area contributed by atoms with Gasteiger partial charge in [0.25, 0.3) is 0 Å². The van der Waals surface area contributed by atoms with Gasteiger partial charge in [0.05, 0.1) is 6.42 Å². The summed E-state index contributed by atoms with van der Waals surface area (Å²) in [5, 5.41) is 9.28. The first-order valence-corrected chi connectivity index (χ1v) is 10.6. The van der Waals surface area contributed by atoms with Crippen LogP contribution in [0.5, 0.6) is 0 Å². The maximum absolute atomic E-state index is 12.8. The van der Waals surface area contributed by atoms with E-state index in [-0.39, 0.29) is 18.4 Å². The van der Waals surface area contributed by atoms with Gasteiger partial charge < -0.3 is 14.7 Å². The third-order valence-electron chi connectivity index (χ3n) is 6.16. The van der Waals surface area contributed by atoms with Crippen molar-refractivity contribution in [2.45, 2.75) is 31.2 Å². The molecular formula is C24H26N2O5. The van der Waals surface area contributed by atoms with Crippen LogP contribution >= 0.6 is 0 Å². The summed E-state index contributed by atoms with van der Waals surface area (Å²) < 4.78 is 5.60. The number of rotatable bonds is 6. The van der Waals surface area contributed by atoms with Crippen molar-refractivity contribution < 1.29 is 24.2 Å². The topological polar surface area (TPSA) is 87.1 Å². The standard InChI is InChI=1S/C24H26N2O5/c1-25(21(14-22(27)28)23(29)26-12-6-7-13-26)24(30)31-15-20-18-10-4-2-8-16(18)17-9-3-5-11-19(17)20/h2-5,8-11,20-21H,6-7,12-15H2,1H3,(H,27,28)/t21-/m0/s1. The third kappa shape index (κ3) is 4.13. The van der Waals surface area contributed by atoms with Crippen molar-refractivity contribution in [2.24, 2.45) is 0 Å². The second kappa shape index (κ2) is 8.79. The smallest absolute Gasteiger partial charge is 0.410 e. The van der Waals surface area contributed by atoms with Crippen molar-refractivity contribution in [2.75, 3.05) is 26.7 Å². The van der Waals surface area contributed by atoms with Crippen LogP contribution in [-0.2, 0) is 14.3 Å². The van der Waals surface area contributed by atoms with E-state index in [0.29, 0.717) is 13.1 Å². The van der Waals surface area contributed by atoms with Gasteiger partial charge in [0.2, 0.25) is 5.91 Å². The molecule has 7 nitrogen and oxygen atoms in total. The Balaban J connectivity index is 1.48. The summed E-state index contributed by atoms with van der Waals surface area (Å²) in [4.78, 5) is 39.7. The van der Waals surface area contributed by atoms with Crippen molar-refractivity contribution in [3.63, 3.8) is 0 Å². The summed E-state index contributed by atoms with van der Waals surface area (Å²) in [7, 11) is 1.43. The lowest BCUT2D eigenvalue weighted by Crippen LogP contribution is -2.49. The fourth-order valence-electron chi connectivity index (χ4n) is 4.53. The van der Waals surface area contributed by atoms with Crippen LogP contribution in [0.2, 0.25) is 0 Å². The number of aliphatic carboxylic acids is 1. The van der Waals surface area contributed by atoms with E-state index in [4.69, 9.17) is 4.74 Å². The summed E-state index contributed by atoms with van der Waals surface area (Å²) in [6.45, 7) is 1.30. The van der Waals surface area contributed by atoms with E-state index in [0.717, 1.165) is 40.0 Å². The molecule has 162 valence electrons. The van der Waals surface area contributed by atoms with Crippen LogP contribution in [0.3, 0.4) is 0 Å². The highest BCUT2D eigenvalue weighted by Crippen LogP contribution is 2.44. The van der Waals surface area contributed by atoms with E-state index in [1.807, 2.05) is 36.4 Å². The van der Waals surface area contributed by atoms with Crippen LogP contribution in [0.25, 0.3) is 11.1 Å². The van der Waals surface area contributed by atoms with E-state index in [9.17, 15) is 19.5 Å². The van der Waals surface area contributed by atoms with Gasteiger partial charge in [-0.2, -0.15) is 0 Å². The molecule has 2 aromatic rings. The number of ether oxygens (including phenoxy) is 1. The largest absolute Gasteiger partial charge is 0.481 e. The lowest BCUT2D eigenvalue weighted by atomic mass is 9.98. The number of hydrogen-bond donors (Lipinski definition) is 1. The molecule has 0 saturated carbocycles. The number of carbonyl (C=O) groups excluding carboxylic acids is 2. The van der Waals surface area contributed by atoms with Crippen LogP contribution < -0.4 is 0 Å². The van der Waals surface area contributed by atoms with Crippen LogP contribution in [0.15, 0.2) is 48.5 Å². The van der Waals surface area contributed by atoms with Gasteiger partial charge in [-0.3, -0.25) is 14.5 Å². The fraction of sp³-hybridized carbons (Fsp3) is 0.375. The molecule has 1 aliphatic carbocycles. The molecule has 2 aromatic carbocycles. The number of amides is 2. The molecule has 1 saturated heterocycles. The molecular weight excluding hydrogens is 396 g/mol. The van der Waals surface area contributed by atoms with Crippen LogP contribution in [-0.4, -0.2) is 65.7 Å². The van der Waals surface area contributed by atoms with Gasteiger partial charge in [0.1, 0.15) is 12.6 Å². The summed E-state index contributed by atoms with van der Waals surface area (Å²) in [5.41, 5.74) is 4.43. The Bertz CT molecular complexity index is 953. The molecule has 2 aliphatic rings. The second-order valence-electron chi connectivity index (χ2n) is 8.06. The number of carbonyl (C=O) groups is 3. The predicted octanol–water partition coefficient (Wildman–Crippen LogP) is 3.33. The fourth-order valence-corrected chi connectivity index (χ4v) is 4.53. The minimum Gasteiger partial charge on any atom is -0.481 e. The van der Waals surface area contributed by atoms with Crippen molar-refractivity contribution in [1.82, 2.24) is 9.80 Å². The van der Waals surface area contributed by atoms with Crippen molar-refractivity contribution in [1.29, 1.82) is 0 Å². The van der Waals surface area contributed by atoms with Gasteiger partial charge in [-0.05, 0) is 35.1 Å². The number of hydrogen-bond acceptors (Lipinski definition) is 4. The molecule has 1 N–H and O–H groups in total. The number of carboxylic acids is 1. The maximum Gasteiger partial charge on any atom is 0.410 e. The molecule has 1 heterocycles. The summed E-state index contributed by atoms with van der Waals surface area (Å²) >= 11 is 0. The second-order valence-corrected chi connectivity index (χ2v) is 8.06. The zero-order chi connectivity index (χ0) is 22.0. The monoisotopic (exact) mass is 422 g/mol. The van der Waals surface area contributed by atoms with Gasteiger partial charge in [0, 0.05) is 26.1 Å². The van der Waals surface area contributed by atoms with Gasteiger partial charge >= 0.3 is 12.1 Å². The van der Waals surface area contributed by atoms with Crippen LogP contribution in [0.1, 0.15) is 36.3 Å². The lowest BCUT2D eigenvalue weighted by molar-refractivity contribution is -0.144. The normalized spacial score (nSPS) is 15.8. The van der Waals surface area contributed by atoms with Crippen molar-refractivity contribution in [3.8, 4) is 11.1 Å². The maximum atomic E-state index is 12.8. The molecule has 7 heteroatoms. The molecule has 0 unspecified atom stereocenters. The van der Waals surface area contributed by atoms with Gasteiger partial charge in [-0.15, -0.1) is 0 Å². The van der Waals surface area contributed by atoms with Crippen molar-refractivity contribution >= 4 is 18.0 Å². The lowest BCUT2D eigenvalue weighted by Gasteiger charge is -2.29. The molecule has 0 spiro atoms. The Morgan fingerprint density at radius 1 is 1.03 bits per heavy atom. The van der Waals surface area contributed by atoms with Gasteiger partial charge in [0.15, 0.2) is 0 Å². The number of carboxylic acid groups (broad SMARTS) is 1. The minimum atomic E-state index is -1.13. The Labute approximate surface area is 181 Å². The Hall–Kier alpha value is -3.35. The Kier molecular flexibility index (Phi) is 5.93. The molecule has 1 fully saturated rings. The number of fused-ring (bicyclic) bond motifs is 3. The average molecular weight is 422 g/mol. The zero-order valence-corrected chi connectivity index (χ0v) is 17.5. The third-order valence-corrected chi connectivity index (χ3v) is 6.16. The highest BCUT2D eigenvalue weighted by atomic mass is 16.6. The molecule has 4 rings (SSSR count). The van der Waals surface area contributed by atoms with Crippen LogP contribution in [0.4, 0.5) is 4.79 Å². The molecule has 31 heavy (non-hydrogen) atoms. The Morgan fingerprint density at radius 3 is 2.13 bits per heavy atom. The molecule has 0 aromatic heterocycles. The first-order chi connectivity index (χ1) is 15.0. The molecule has 0 radical (unpaired) electrons. The number of benzene rings is 2. The van der Waals surface area contributed by atoms with Crippen LogP contribution in [0, 0.1) is 0 Å². The SMILES string of the molecule is CN(C(=O)OCC1c2ccccc2-c2ccccc21)[C@@H](CC(=O)O)C(=O)N1CCCC1. The van der Waals surface area contributed by atoms with E-state index in [1.165, 1.54) is 7.05 Å². The van der Waals surface area contributed by atoms with E-state index >= 15 is 0 Å². The highest BCUT2D eigenvalue weighted by molar-refractivity contribution is 5.89. The van der Waals surface area contributed by atoms with E-state index in [2.05, 4.69) is 12.1 Å². The Morgan fingerprint density at radius 2 is 1.58 bits per heavy atom. The molecule has 2 amide bonds. The minimum absolute atomic E-state index is 0.100. The zero-order valence-electron chi connectivity index (χ0n) is 17.5. The van der Waals surface area contributed by atoms with Crippen molar-refractivity contribution in [3.05, 3.63) is 59.7 Å². The molecule has 0 bridgehead atoms. The van der Waals surface area contributed by atoms with E-state index in [1.54, 1.807) is 4.90 Å². The summed E-state index contributed by atoms with van der Waals surface area (Å²) in [6.07, 6.45) is 0.636. The van der Waals surface area contributed by atoms with E-state index < -0.39 is 24.5 Å². The number of nitrogens with zero attached hydrogens (tertiary/aromatic N) is 2. The van der Waals surface area contributed by atoms with Gasteiger partial charge in [-0.1, -0.05) is 48.5 Å². The first kappa shape index (κ1) is 20.9. The first-order valence-electron chi connectivity index (χ1n) is 10.6. The quantitative estimate of drug-likeness (QED) is 0.772. The number of likely N-dealkylation sites (tertiary alicyclic amines) is 1. The summed E-state index contributed by atoms with van der Waals surface area (Å²) in [5.74, 6) is -1.57. The number of likely N-dealkylation sites (N-methyl/N-ethyl adjacent to an activating group) is 1.